The van der Waals surface area contributed by atoms with Gasteiger partial charge in [-0.3, -0.25) is 0 Å². The van der Waals surface area contributed by atoms with E-state index >= 15 is 0 Å². The predicted molar refractivity (Wildman–Crippen MR) is 75.7 cm³/mol. The first-order valence-corrected chi connectivity index (χ1v) is 7.46. The first kappa shape index (κ1) is 13.6. The van der Waals surface area contributed by atoms with Crippen LogP contribution in [0.3, 0.4) is 0 Å². The van der Waals surface area contributed by atoms with Crippen LogP contribution in [0.15, 0.2) is 12.4 Å². The van der Waals surface area contributed by atoms with Crippen molar-refractivity contribution >= 4 is 0 Å². The van der Waals surface area contributed by atoms with Crippen LogP contribution in [-0.2, 0) is 6.54 Å². The Hall–Kier alpha value is -0.830. The molecule has 1 heterocycles. The Balaban J connectivity index is 1.89. The number of rotatable bonds is 6. The van der Waals surface area contributed by atoms with E-state index in [1.165, 1.54) is 31.5 Å². The SMILES string of the molecule is CCNC1CCCC1CCn1ccnc1C(C)C. The second-order valence-electron chi connectivity index (χ2n) is 5.78. The van der Waals surface area contributed by atoms with Crippen LogP contribution in [0.2, 0.25) is 0 Å². The maximum absolute atomic E-state index is 4.46. The minimum Gasteiger partial charge on any atom is -0.335 e. The highest BCUT2D eigenvalue weighted by atomic mass is 15.1. The van der Waals surface area contributed by atoms with Crippen LogP contribution in [0.25, 0.3) is 0 Å². The van der Waals surface area contributed by atoms with E-state index in [9.17, 15) is 0 Å². The largest absolute Gasteiger partial charge is 0.335 e. The fraction of sp³-hybridized carbons (Fsp3) is 0.800. The first-order chi connectivity index (χ1) is 8.72. The molecule has 3 nitrogen and oxygen atoms in total. The zero-order valence-electron chi connectivity index (χ0n) is 12.0. The molecular weight excluding hydrogens is 222 g/mol. The average Bonchev–Trinajstić information content (AvgIpc) is 2.95. The maximum atomic E-state index is 4.46. The monoisotopic (exact) mass is 249 g/mol. The van der Waals surface area contributed by atoms with Gasteiger partial charge in [-0.2, -0.15) is 0 Å². The van der Waals surface area contributed by atoms with Gasteiger partial charge in [-0.1, -0.05) is 27.2 Å². The third kappa shape index (κ3) is 3.14. The highest BCUT2D eigenvalue weighted by Crippen LogP contribution is 2.29. The molecule has 1 aromatic rings. The molecular formula is C15H27N3. The lowest BCUT2D eigenvalue weighted by atomic mass is 9.99. The number of imidazole rings is 1. The molecule has 1 aromatic heterocycles. The van der Waals surface area contributed by atoms with Crippen molar-refractivity contribution in [1.29, 1.82) is 0 Å². The van der Waals surface area contributed by atoms with E-state index in [2.05, 4.69) is 41.8 Å². The molecule has 2 unspecified atom stereocenters. The molecule has 1 saturated carbocycles. The van der Waals surface area contributed by atoms with Crippen LogP contribution < -0.4 is 5.32 Å². The van der Waals surface area contributed by atoms with Gasteiger partial charge in [-0.25, -0.2) is 4.98 Å². The van der Waals surface area contributed by atoms with Crippen molar-refractivity contribution in [3.8, 4) is 0 Å². The molecule has 0 saturated heterocycles. The third-order valence-corrected chi connectivity index (χ3v) is 4.13. The molecule has 1 fully saturated rings. The summed E-state index contributed by atoms with van der Waals surface area (Å²) in [5.74, 6) is 2.61. The van der Waals surface area contributed by atoms with E-state index in [0.29, 0.717) is 5.92 Å². The molecule has 0 bridgehead atoms. The quantitative estimate of drug-likeness (QED) is 0.839. The van der Waals surface area contributed by atoms with Gasteiger partial charge in [0.05, 0.1) is 0 Å². The van der Waals surface area contributed by atoms with Crippen molar-refractivity contribution in [1.82, 2.24) is 14.9 Å². The fourth-order valence-corrected chi connectivity index (χ4v) is 3.23. The molecule has 2 atom stereocenters. The Morgan fingerprint density at radius 1 is 1.44 bits per heavy atom. The van der Waals surface area contributed by atoms with E-state index in [1.807, 2.05) is 6.20 Å². The molecule has 0 spiro atoms. The lowest BCUT2D eigenvalue weighted by Gasteiger charge is -2.21. The van der Waals surface area contributed by atoms with Gasteiger partial charge in [-0.05, 0) is 31.7 Å². The van der Waals surface area contributed by atoms with Crippen LogP contribution in [-0.4, -0.2) is 22.1 Å². The van der Waals surface area contributed by atoms with Crippen molar-refractivity contribution in [2.24, 2.45) is 5.92 Å². The number of nitrogens with zero attached hydrogens (tertiary/aromatic N) is 2. The summed E-state index contributed by atoms with van der Waals surface area (Å²) in [5.41, 5.74) is 0. The molecule has 1 N–H and O–H groups in total. The normalized spacial score (nSPS) is 24.0. The molecule has 102 valence electrons. The Kier molecular flexibility index (Phi) is 4.81. The number of aryl methyl sites for hydroxylation is 1. The van der Waals surface area contributed by atoms with Gasteiger partial charge in [0.15, 0.2) is 0 Å². The maximum Gasteiger partial charge on any atom is 0.111 e. The van der Waals surface area contributed by atoms with Crippen molar-refractivity contribution < 1.29 is 0 Å². The molecule has 3 heteroatoms. The molecule has 0 radical (unpaired) electrons. The second kappa shape index (κ2) is 6.37. The Morgan fingerprint density at radius 3 is 3.00 bits per heavy atom. The molecule has 2 rings (SSSR count). The third-order valence-electron chi connectivity index (χ3n) is 4.13. The highest BCUT2D eigenvalue weighted by molar-refractivity contribution is 4.97. The van der Waals surface area contributed by atoms with Gasteiger partial charge in [0.2, 0.25) is 0 Å². The lowest BCUT2D eigenvalue weighted by molar-refractivity contribution is 0.363. The number of aromatic nitrogens is 2. The molecule has 0 amide bonds. The molecule has 18 heavy (non-hydrogen) atoms. The molecule has 0 aromatic carbocycles. The summed E-state index contributed by atoms with van der Waals surface area (Å²) in [6.45, 7) is 8.87. The van der Waals surface area contributed by atoms with E-state index in [1.54, 1.807) is 0 Å². The molecule has 1 aliphatic carbocycles. The standard InChI is InChI=1S/C15H27N3/c1-4-16-14-7-5-6-13(14)8-10-18-11-9-17-15(18)12(2)3/h9,11-14,16H,4-8,10H2,1-3H3. The van der Waals surface area contributed by atoms with Gasteiger partial charge in [0, 0.05) is 30.9 Å². The van der Waals surface area contributed by atoms with E-state index in [-0.39, 0.29) is 0 Å². The van der Waals surface area contributed by atoms with Gasteiger partial charge >= 0.3 is 0 Å². The summed E-state index contributed by atoms with van der Waals surface area (Å²) in [7, 11) is 0. The number of nitrogens with one attached hydrogen (secondary N) is 1. The van der Waals surface area contributed by atoms with E-state index in [4.69, 9.17) is 0 Å². The van der Waals surface area contributed by atoms with Gasteiger partial charge < -0.3 is 9.88 Å². The smallest absolute Gasteiger partial charge is 0.111 e. The summed E-state index contributed by atoms with van der Waals surface area (Å²) in [5, 5.41) is 3.64. The lowest BCUT2D eigenvalue weighted by Crippen LogP contribution is -2.32. The fourth-order valence-electron chi connectivity index (χ4n) is 3.23. The number of hydrogen-bond acceptors (Lipinski definition) is 2. The Bertz CT molecular complexity index is 356. The summed E-state index contributed by atoms with van der Waals surface area (Å²) < 4.78 is 2.34. The summed E-state index contributed by atoms with van der Waals surface area (Å²) in [6, 6.07) is 0.751. The van der Waals surface area contributed by atoms with Crippen molar-refractivity contribution in [2.75, 3.05) is 6.54 Å². The summed E-state index contributed by atoms with van der Waals surface area (Å²) >= 11 is 0. The topological polar surface area (TPSA) is 29.9 Å². The van der Waals surface area contributed by atoms with Crippen molar-refractivity contribution in [3.63, 3.8) is 0 Å². The highest BCUT2D eigenvalue weighted by Gasteiger charge is 2.26. The Morgan fingerprint density at radius 2 is 2.28 bits per heavy atom. The zero-order valence-corrected chi connectivity index (χ0v) is 12.0. The average molecular weight is 249 g/mol. The van der Waals surface area contributed by atoms with Crippen molar-refractivity contribution in [2.45, 2.75) is 65.0 Å². The van der Waals surface area contributed by atoms with Crippen LogP contribution in [0, 0.1) is 5.92 Å². The summed E-state index contributed by atoms with van der Waals surface area (Å²) in [4.78, 5) is 4.46. The van der Waals surface area contributed by atoms with Crippen LogP contribution in [0.1, 0.15) is 58.2 Å². The summed E-state index contributed by atoms with van der Waals surface area (Å²) in [6.07, 6.45) is 9.50. The first-order valence-electron chi connectivity index (χ1n) is 7.46. The van der Waals surface area contributed by atoms with E-state index in [0.717, 1.165) is 25.0 Å². The minimum absolute atomic E-state index is 0.521. The van der Waals surface area contributed by atoms with Crippen LogP contribution >= 0.6 is 0 Å². The van der Waals surface area contributed by atoms with Gasteiger partial charge in [0.25, 0.3) is 0 Å². The number of hydrogen-bond donors (Lipinski definition) is 1. The zero-order chi connectivity index (χ0) is 13.0. The van der Waals surface area contributed by atoms with Crippen LogP contribution in [0.4, 0.5) is 0 Å². The predicted octanol–water partition coefficient (Wildman–Crippen LogP) is 3.17. The molecule has 1 aliphatic rings. The van der Waals surface area contributed by atoms with Crippen LogP contribution in [0.5, 0.6) is 0 Å². The molecule has 0 aliphatic heterocycles. The Labute approximate surface area is 111 Å². The van der Waals surface area contributed by atoms with Crippen molar-refractivity contribution in [3.05, 3.63) is 18.2 Å². The van der Waals surface area contributed by atoms with E-state index < -0.39 is 0 Å². The second-order valence-corrected chi connectivity index (χ2v) is 5.78. The minimum atomic E-state index is 0.521. The van der Waals surface area contributed by atoms with Gasteiger partial charge in [0.1, 0.15) is 5.82 Å². The van der Waals surface area contributed by atoms with Gasteiger partial charge in [-0.15, -0.1) is 0 Å².